The molecule has 0 aliphatic carbocycles. The van der Waals surface area contributed by atoms with E-state index in [0.717, 1.165) is 77.0 Å². The van der Waals surface area contributed by atoms with Crippen molar-refractivity contribution >= 4 is 17.9 Å². The van der Waals surface area contributed by atoms with Crippen LogP contribution in [0.5, 0.6) is 0 Å². The first-order valence-electron chi connectivity index (χ1n) is 24.7. The lowest BCUT2D eigenvalue weighted by Gasteiger charge is -2.18. The summed E-state index contributed by atoms with van der Waals surface area (Å²) in [5.74, 6) is -1.13. The molecule has 0 amide bonds. The highest BCUT2D eigenvalue weighted by Gasteiger charge is 2.19. The van der Waals surface area contributed by atoms with Crippen LogP contribution in [0, 0.1) is 0 Å². The summed E-state index contributed by atoms with van der Waals surface area (Å²) in [5, 5.41) is 0. The number of hydrogen-bond acceptors (Lipinski definition) is 6. The largest absolute Gasteiger partial charge is 0.462 e. The van der Waals surface area contributed by atoms with Crippen molar-refractivity contribution in [2.75, 3.05) is 13.2 Å². The number of carbonyl (C=O) groups is 3. The van der Waals surface area contributed by atoms with Gasteiger partial charge in [0.1, 0.15) is 13.2 Å². The average Bonchev–Trinajstić information content (AvgIpc) is 3.30. The molecule has 0 aromatic heterocycles. The zero-order valence-corrected chi connectivity index (χ0v) is 40.7. The lowest BCUT2D eigenvalue weighted by molar-refractivity contribution is -0.166. The molecule has 0 heterocycles. The quantitative estimate of drug-likeness (QED) is 0.0200. The van der Waals surface area contributed by atoms with E-state index >= 15 is 0 Å². The van der Waals surface area contributed by atoms with Crippen molar-refractivity contribution in [2.45, 2.75) is 168 Å². The predicted octanol–water partition coefficient (Wildman–Crippen LogP) is 16.4. The first-order valence-corrected chi connectivity index (χ1v) is 24.7. The number of esters is 3. The highest BCUT2D eigenvalue weighted by molar-refractivity contribution is 5.71. The molecule has 0 aromatic carbocycles. The van der Waals surface area contributed by atoms with Crippen LogP contribution in [0.15, 0.2) is 170 Å². The Balaban J connectivity index is 4.63. The molecule has 0 bridgehead atoms. The third kappa shape index (κ3) is 49.6. The molecule has 0 radical (unpaired) electrons. The van der Waals surface area contributed by atoms with Crippen molar-refractivity contribution in [3.05, 3.63) is 170 Å². The summed E-state index contributed by atoms with van der Waals surface area (Å²) in [6, 6.07) is 0. The molecule has 6 heteroatoms. The number of ether oxygens (including phenoxy) is 3. The van der Waals surface area contributed by atoms with Crippen molar-refractivity contribution in [2.24, 2.45) is 0 Å². The summed E-state index contributed by atoms with van der Waals surface area (Å²) in [6.45, 7) is 6.17. The van der Waals surface area contributed by atoms with Crippen LogP contribution in [0.1, 0.15) is 162 Å². The number of carbonyl (C=O) groups excluding carboxylic acids is 3. The van der Waals surface area contributed by atoms with Gasteiger partial charge in [0, 0.05) is 19.3 Å². The standard InChI is InChI=1S/C59H86O6/c1-4-7-10-13-16-19-21-23-25-27-29-31-33-35-37-40-43-46-49-52-58(61)64-55-56(54-63-57(60)51-48-45-42-39-18-15-12-9-6-3)65-59(62)53-50-47-44-41-38-36-34-32-30-28-26-24-22-20-17-14-11-8-5-2/h7-8,10-11,13,16-17,19-21,23-27,29-33,35-39,42,44,47,56H,4-6,9,12,14-15,18,22,28,34,40-41,43,45-46,48-55H2,1-3H3/b10-7-,11-8-,16-13-,20-17-,21-19-,25-23-,26-24-,29-27+,32-30-,33-31-,37-35-,38-36-,42-39-,47-44-. The molecule has 0 N–H and O–H groups in total. The molecule has 0 aliphatic heterocycles. The number of unbranched alkanes of at least 4 members (excludes halogenated alkanes) is 8. The van der Waals surface area contributed by atoms with E-state index in [1.807, 2.05) is 85.1 Å². The Labute approximate surface area is 396 Å². The summed E-state index contributed by atoms with van der Waals surface area (Å²) >= 11 is 0. The minimum Gasteiger partial charge on any atom is -0.462 e. The van der Waals surface area contributed by atoms with Crippen LogP contribution in [-0.2, 0) is 28.6 Å². The normalized spacial score (nSPS) is 13.6. The van der Waals surface area contributed by atoms with Gasteiger partial charge in [0.05, 0.1) is 0 Å². The van der Waals surface area contributed by atoms with Crippen molar-refractivity contribution in [3.8, 4) is 0 Å². The van der Waals surface area contributed by atoms with E-state index in [1.165, 1.54) is 25.7 Å². The third-order valence-electron chi connectivity index (χ3n) is 9.39. The molecule has 65 heavy (non-hydrogen) atoms. The van der Waals surface area contributed by atoms with Gasteiger partial charge < -0.3 is 14.2 Å². The molecule has 0 aromatic rings. The summed E-state index contributed by atoms with van der Waals surface area (Å²) in [7, 11) is 0. The summed E-state index contributed by atoms with van der Waals surface area (Å²) in [6.07, 6.45) is 76.4. The summed E-state index contributed by atoms with van der Waals surface area (Å²) in [5.41, 5.74) is 0. The van der Waals surface area contributed by atoms with Gasteiger partial charge in [0.15, 0.2) is 6.10 Å². The lowest BCUT2D eigenvalue weighted by atomic mass is 10.1. The van der Waals surface area contributed by atoms with E-state index < -0.39 is 12.1 Å². The Morgan fingerprint density at radius 3 is 1.22 bits per heavy atom. The SMILES string of the molecule is CC\C=C/C=C\C=C/C=C\C=C\C=C/C=C\CCCCCC(=O)OCC(COC(=O)CCC/C=C\CCCCCC)OC(=O)CC/C=C\C/C=C\C/C=C\C/C=C\C/C=C\C/C=C\CC. The molecule has 6 nitrogen and oxygen atoms in total. The minimum atomic E-state index is -0.856. The van der Waals surface area contributed by atoms with Crippen LogP contribution in [0.4, 0.5) is 0 Å². The van der Waals surface area contributed by atoms with Gasteiger partial charge in [0.25, 0.3) is 0 Å². The second kappa shape index (κ2) is 51.4. The van der Waals surface area contributed by atoms with Crippen LogP contribution < -0.4 is 0 Å². The van der Waals surface area contributed by atoms with Crippen LogP contribution in [0.2, 0.25) is 0 Å². The van der Waals surface area contributed by atoms with Gasteiger partial charge in [-0.05, 0) is 96.3 Å². The maximum Gasteiger partial charge on any atom is 0.306 e. The second-order valence-corrected chi connectivity index (χ2v) is 15.4. The fraction of sp³-hybridized carbons (Fsp3) is 0.475. The zero-order chi connectivity index (χ0) is 47.2. The highest BCUT2D eigenvalue weighted by atomic mass is 16.6. The molecular weight excluding hydrogens is 805 g/mol. The fourth-order valence-corrected chi connectivity index (χ4v) is 5.75. The molecule has 0 fully saturated rings. The molecule has 0 spiro atoms. The molecule has 358 valence electrons. The van der Waals surface area contributed by atoms with Crippen LogP contribution >= 0.6 is 0 Å². The zero-order valence-electron chi connectivity index (χ0n) is 40.7. The maximum absolute atomic E-state index is 12.7. The molecule has 1 unspecified atom stereocenters. The Morgan fingerprint density at radius 1 is 0.338 bits per heavy atom. The highest BCUT2D eigenvalue weighted by Crippen LogP contribution is 2.09. The first kappa shape index (κ1) is 59.8. The van der Waals surface area contributed by atoms with E-state index in [0.29, 0.717) is 19.3 Å². The monoisotopic (exact) mass is 891 g/mol. The van der Waals surface area contributed by atoms with Crippen LogP contribution in [0.25, 0.3) is 0 Å². The number of hydrogen-bond donors (Lipinski definition) is 0. The minimum absolute atomic E-state index is 0.148. The predicted molar refractivity (Wildman–Crippen MR) is 278 cm³/mol. The van der Waals surface area contributed by atoms with E-state index in [1.54, 1.807) is 0 Å². The smallest absolute Gasteiger partial charge is 0.306 e. The fourth-order valence-electron chi connectivity index (χ4n) is 5.75. The van der Waals surface area contributed by atoms with Crippen LogP contribution in [0.3, 0.4) is 0 Å². The van der Waals surface area contributed by atoms with Crippen molar-refractivity contribution < 1.29 is 28.6 Å². The third-order valence-corrected chi connectivity index (χ3v) is 9.39. The maximum atomic E-state index is 12.7. The molecule has 0 saturated carbocycles. The van der Waals surface area contributed by atoms with Crippen molar-refractivity contribution in [1.29, 1.82) is 0 Å². The topological polar surface area (TPSA) is 78.9 Å². The Hall–Kier alpha value is -5.23. The summed E-state index contributed by atoms with van der Waals surface area (Å²) < 4.78 is 16.6. The second-order valence-electron chi connectivity index (χ2n) is 15.4. The Bertz CT molecular complexity index is 1590. The van der Waals surface area contributed by atoms with Crippen molar-refractivity contribution in [3.63, 3.8) is 0 Å². The van der Waals surface area contributed by atoms with Gasteiger partial charge in [-0.1, -0.05) is 217 Å². The van der Waals surface area contributed by atoms with Gasteiger partial charge in [0.2, 0.25) is 0 Å². The molecule has 0 saturated heterocycles. The van der Waals surface area contributed by atoms with E-state index in [9.17, 15) is 14.4 Å². The van der Waals surface area contributed by atoms with Gasteiger partial charge in [-0.2, -0.15) is 0 Å². The van der Waals surface area contributed by atoms with Gasteiger partial charge >= 0.3 is 17.9 Å². The van der Waals surface area contributed by atoms with E-state index in [4.69, 9.17) is 14.2 Å². The Morgan fingerprint density at radius 2 is 0.723 bits per heavy atom. The molecule has 1 atom stereocenters. The van der Waals surface area contributed by atoms with Gasteiger partial charge in [-0.3, -0.25) is 14.4 Å². The first-order chi connectivity index (χ1) is 32.0. The van der Waals surface area contributed by atoms with Crippen molar-refractivity contribution in [1.82, 2.24) is 0 Å². The van der Waals surface area contributed by atoms with E-state index in [2.05, 4.69) is 106 Å². The average molecular weight is 891 g/mol. The number of rotatable bonds is 41. The molecular formula is C59H86O6. The Kier molecular flexibility index (Phi) is 47.3. The molecule has 0 aliphatic rings. The molecule has 0 rings (SSSR count). The van der Waals surface area contributed by atoms with E-state index in [-0.39, 0.29) is 44.4 Å². The number of allylic oxidation sites excluding steroid dienone is 28. The summed E-state index contributed by atoms with van der Waals surface area (Å²) in [4.78, 5) is 37.8. The van der Waals surface area contributed by atoms with Gasteiger partial charge in [-0.15, -0.1) is 0 Å². The lowest BCUT2D eigenvalue weighted by Crippen LogP contribution is -2.30. The van der Waals surface area contributed by atoms with Gasteiger partial charge in [-0.25, -0.2) is 0 Å². The van der Waals surface area contributed by atoms with Crippen LogP contribution in [-0.4, -0.2) is 37.2 Å².